The van der Waals surface area contributed by atoms with Gasteiger partial charge in [-0.15, -0.1) is 0 Å². The second kappa shape index (κ2) is 11.6. The highest BCUT2D eigenvalue weighted by molar-refractivity contribution is 5.72. The van der Waals surface area contributed by atoms with Gasteiger partial charge < -0.3 is 23.8 Å². The number of hydrogen-bond donors (Lipinski definition) is 0. The second-order valence-electron chi connectivity index (χ2n) is 9.91. The molecule has 0 radical (unpaired) electrons. The van der Waals surface area contributed by atoms with Crippen LogP contribution in [-0.4, -0.2) is 50.6 Å². The first kappa shape index (κ1) is 31.7. The maximum atomic E-state index is 13.5. The number of carbonyl (C=O) groups excluding carboxylic acids is 2. The summed E-state index contributed by atoms with van der Waals surface area (Å²) in [7, 11) is 3.83. The van der Waals surface area contributed by atoms with Crippen molar-refractivity contribution in [3.8, 4) is 11.5 Å². The highest BCUT2D eigenvalue weighted by atomic mass is 19.4. The maximum Gasteiger partial charge on any atom is 0.416 e. The lowest BCUT2D eigenvalue weighted by molar-refractivity contribution is -0.143. The van der Waals surface area contributed by atoms with Gasteiger partial charge in [-0.1, -0.05) is 0 Å². The normalized spacial score (nSPS) is 17.4. The Balaban J connectivity index is 2.23. The van der Waals surface area contributed by atoms with E-state index < -0.39 is 59.5 Å². The van der Waals surface area contributed by atoms with E-state index in [9.17, 15) is 35.9 Å². The molecule has 2 atom stereocenters. The third kappa shape index (κ3) is 6.57. The minimum absolute atomic E-state index is 0.0219. The Morgan fingerprint density at radius 1 is 0.951 bits per heavy atom. The van der Waals surface area contributed by atoms with Crippen LogP contribution in [0.15, 0.2) is 30.3 Å². The fourth-order valence-corrected chi connectivity index (χ4v) is 5.17. The molecule has 0 aliphatic carbocycles. The molecule has 1 amide bonds. The predicted molar refractivity (Wildman–Crippen MR) is 134 cm³/mol. The maximum absolute atomic E-state index is 13.5. The van der Waals surface area contributed by atoms with Crippen LogP contribution in [0.3, 0.4) is 0 Å². The smallest absolute Gasteiger partial charge is 0.416 e. The van der Waals surface area contributed by atoms with Gasteiger partial charge in [-0.3, -0.25) is 9.69 Å². The molecule has 226 valence electrons. The van der Waals surface area contributed by atoms with E-state index in [1.165, 1.54) is 14.2 Å². The zero-order chi connectivity index (χ0) is 30.9. The molecule has 2 aromatic carbocycles. The molecule has 41 heavy (non-hydrogen) atoms. The first-order valence-corrected chi connectivity index (χ1v) is 12.3. The Kier molecular flexibility index (Phi) is 8.94. The van der Waals surface area contributed by atoms with Gasteiger partial charge in [-0.25, -0.2) is 4.79 Å². The topological polar surface area (TPSA) is 77.5 Å². The van der Waals surface area contributed by atoms with Crippen molar-refractivity contribution < 1.29 is 54.9 Å². The Morgan fingerprint density at radius 2 is 1.49 bits per heavy atom. The number of nitrogens with zero attached hydrogens (tertiary/aromatic N) is 2. The van der Waals surface area contributed by atoms with Crippen LogP contribution < -0.4 is 14.4 Å². The van der Waals surface area contributed by atoms with Crippen molar-refractivity contribution in [3.63, 3.8) is 0 Å². The monoisotopic (exact) mass is 592 g/mol. The number of ether oxygens (including phenoxy) is 4. The Labute approximate surface area is 232 Å². The van der Waals surface area contributed by atoms with Gasteiger partial charge >= 0.3 is 18.4 Å². The van der Waals surface area contributed by atoms with Crippen LogP contribution in [0.1, 0.15) is 55.5 Å². The summed E-state index contributed by atoms with van der Waals surface area (Å²) in [6, 6.07) is 2.94. The number of fused-ring (bicyclic) bond motifs is 1. The lowest BCUT2D eigenvalue weighted by atomic mass is 9.88. The summed E-state index contributed by atoms with van der Waals surface area (Å²) >= 11 is 0. The number of anilines is 1. The standard InChI is InChI=1S/C27H30F6N2O6/c1-15-7-20(19-11-22(38-4)23(39-5)12-21(19)35(15)25(2,3)41-14-36)34(24(37)40-6)13-16-8-17(26(28,29)30)10-18(9-16)27(31,32)33/h8-12,14-15,20H,7,13H2,1-6H3. The van der Waals surface area contributed by atoms with Crippen LogP contribution in [0.25, 0.3) is 0 Å². The summed E-state index contributed by atoms with van der Waals surface area (Å²) in [6.45, 7) is 4.69. The quantitative estimate of drug-likeness (QED) is 0.254. The SMILES string of the molecule is COC(=O)N(Cc1cc(C(F)(F)F)cc(C(F)(F)F)c1)C1CC(C)N(C(C)(C)OC=O)c2cc(OC)c(OC)cc21. The highest BCUT2D eigenvalue weighted by Crippen LogP contribution is 2.48. The summed E-state index contributed by atoms with van der Waals surface area (Å²) < 4.78 is 102. The van der Waals surface area contributed by atoms with E-state index in [4.69, 9.17) is 18.9 Å². The van der Waals surface area contributed by atoms with Crippen molar-refractivity contribution in [2.24, 2.45) is 0 Å². The van der Waals surface area contributed by atoms with Crippen molar-refractivity contribution in [1.29, 1.82) is 0 Å². The molecule has 3 rings (SSSR count). The second-order valence-corrected chi connectivity index (χ2v) is 9.91. The van der Waals surface area contributed by atoms with Gasteiger partial charge in [0.15, 0.2) is 17.2 Å². The van der Waals surface area contributed by atoms with Gasteiger partial charge in [0, 0.05) is 29.9 Å². The van der Waals surface area contributed by atoms with Crippen LogP contribution in [0.5, 0.6) is 11.5 Å². The summed E-state index contributed by atoms with van der Waals surface area (Å²) in [4.78, 5) is 27.2. The van der Waals surface area contributed by atoms with Crippen LogP contribution in [0.4, 0.5) is 36.8 Å². The predicted octanol–water partition coefficient (Wildman–Crippen LogP) is 6.56. The van der Waals surface area contributed by atoms with E-state index in [1.807, 2.05) is 0 Å². The average Bonchev–Trinajstić information content (AvgIpc) is 2.88. The van der Waals surface area contributed by atoms with Crippen LogP contribution in [0, 0.1) is 0 Å². The third-order valence-corrected chi connectivity index (χ3v) is 6.86. The summed E-state index contributed by atoms with van der Waals surface area (Å²) in [5.74, 6) is 0.548. The molecule has 2 unspecified atom stereocenters. The van der Waals surface area contributed by atoms with Crippen LogP contribution >= 0.6 is 0 Å². The van der Waals surface area contributed by atoms with Gasteiger partial charge in [0.25, 0.3) is 6.47 Å². The lowest BCUT2D eigenvalue weighted by Crippen LogP contribution is -2.55. The van der Waals surface area contributed by atoms with Gasteiger partial charge in [-0.05, 0) is 57.0 Å². The molecule has 1 aliphatic heterocycles. The summed E-state index contributed by atoms with van der Waals surface area (Å²) in [5.41, 5.74) is -3.76. The molecular weight excluding hydrogens is 562 g/mol. The van der Waals surface area contributed by atoms with Gasteiger partial charge in [0.05, 0.1) is 38.5 Å². The van der Waals surface area contributed by atoms with Gasteiger partial charge in [-0.2, -0.15) is 26.3 Å². The lowest BCUT2D eigenvalue weighted by Gasteiger charge is -2.49. The fourth-order valence-electron chi connectivity index (χ4n) is 5.17. The molecule has 0 bridgehead atoms. The number of amides is 1. The number of benzene rings is 2. The Bertz CT molecular complexity index is 1250. The molecule has 0 aromatic heterocycles. The first-order chi connectivity index (χ1) is 19.0. The molecule has 0 saturated carbocycles. The highest BCUT2D eigenvalue weighted by Gasteiger charge is 2.44. The molecule has 0 fully saturated rings. The molecule has 14 heteroatoms. The van der Waals surface area contributed by atoms with Crippen LogP contribution in [0.2, 0.25) is 0 Å². The van der Waals surface area contributed by atoms with E-state index >= 15 is 0 Å². The van der Waals surface area contributed by atoms with E-state index in [1.54, 1.807) is 37.8 Å². The first-order valence-electron chi connectivity index (χ1n) is 12.3. The molecule has 1 heterocycles. The molecule has 0 saturated heterocycles. The number of halogens is 6. The average molecular weight is 593 g/mol. The van der Waals surface area contributed by atoms with E-state index in [0.29, 0.717) is 29.1 Å². The van der Waals surface area contributed by atoms with Crippen molar-refractivity contribution >= 4 is 18.3 Å². The zero-order valence-electron chi connectivity index (χ0n) is 23.1. The number of methoxy groups -OCH3 is 3. The number of rotatable bonds is 8. The Hall–Kier alpha value is -3.84. The van der Waals surface area contributed by atoms with Crippen molar-refractivity contribution in [1.82, 2.24) is 4.90 Å². The van der Waals surface area contributed by atoms with Gasteiger partial charge in [0.1, 0.15) is 0 Å². The number of hydrogen-bond acceptors (Lipinski definition) is 7. The van der Waals surface area contributed by atoms with Crippen molar-refractivity contribution in [2.45, 2.75) is 63.9 Å². The van der Waals surface area contributed by atoms with Crippen LogP contribution in [-0.2, 0) is 33.2 Å². The molecular formula is C27H30F6N2O6. The minimum Gasteiger partial charge on any atom is -0.493 e. The number of alkyl halides is 6. The molecule has 1 aliphatic rings. The molecule has 8 nitrogen and oxygen atoms in total. The largest absolute Gasteiger partial charge is 0.493 e. The molecule has 2 aromatic rings. The fraction of sp³-hybridized carbons (Fsp3) is 0.481. The number of carbonyl (C=O) groups is 2. The molecule has 0 spiro atoms. The van der Waals surface area contributed by atoms with Gasteiger partial charge in [0.2, 0.25) is 0 Å². The van der Waals surface area contributed by atoms with Crippen molar-refractivity contribution in [2.75, 3.05) is 26.2 Å². The van der Waals surface area contributed by atoms with E-state index in [-0.39, 0.29) is 24.7 Å². The minimum atomic E-state index is -5.06. The summed E-state index contributed by atoms with van der Waals surface area (Å²) in [5, 5.41) is 0. The van der Waals surface area contributed by atoms with E-state index in [2.05, 4.69) is 0 Å². The third-order valence-electron chi connectivity index (χ3n) is 6.86. The molecule has 0 N–H and O–H groups in total. The van der Waals surface area contributed by atoms with E-state index in [0.717, 1.165) is 12.0 Å². The van der Waals surface area contributed by atoms with Crippen molar-refractivity contribution in [3.05, 3.63) is 52.6 Å². The zero-order valence-corrected chi connectivity index (χ0v) is 23.1. The summed E-state index contributed by atoms with van der Waals surface area (Å²) in [6.07, 6.45) is -11.0. The Morgan fingerprint density at radius 3 is 1.95 bits per heavy atom.